The Labute approximate surface area is 103 Å². The third kappa shape index (κ3) is 2.37. The van der Waals surface area contributed by atoms with E-state index in [1.807, 2.05) is 0 Å². The van der Waals surface area contributed by atoms with Gasteiger partial charge in [0.25, 0.3) is 5.56 Å². The average Bonchev–Trinajstić information content (AvgIpc) is 2.27. The number of aromatic nitrogens is 3. The van der Waals surface area contributed by atoms with Gasteiger partial charge in [0.05, 0.1) is 11.6 Å². The Bertz CT molecular complexity index is 655. The molecular formula is C12H13N3O3. The van der Waals surface area contributed by atoms with Crippen LogP contribution >= 0.6 is 0 Å². The summed E-state index contributed by atoms with van der Waals surface area (Å²) in [5.41, 5.74) is -1.21. The summed E-state index contributed by atoms with van der Waals surface area (Å²) in [5.74, 6) is 0. The van der Waals surface area contributed by atoms with Gasteiger partial charge in [-0.1, -0.05) is 0 Å². The molecule has 2 aromatic heterocycles. The van der Waals surface area contributed by atoms with Crippen molar-refractivity contribution in [3.05, 3.63) is 35.0 Å². The van der Waals surface area contributed by atoms with Crippen LogP contribution in [0.5, 0.6) is 0 Å². The van der Waals surface area contributed by atoms with Gasteiger partial charge in [-0.15, -0.1) is 4.68 Å². The smallest absolute Gasteiger partial charge is 0.438 e. The van der Waals surface area contributed by atoms with Crippen LogP contribution in [0.4, 0.5) is 4.79 Å². The predicted molar refractivity (Wildman–Crippen MR) is 65.4 cm³/mol. The Balaban J connectivity index is 2.50. The van der Waals surface area contributed by atoms with Gasteiger partial charge >= 0.3 is 6.09 Å². The van der Waals surface area contributed by atoms with Crippen molar-refractivity contribution in [2.75, 3.05) is 0 Å². The standard InChI is InChI=1S/C12H13N3O3/c1-12(2,3)18-11(17)15-10(16)9-7-13-5-4-8(9)6-14-15/h4-7H,1-3H3. The minimum absolute atomic E-state index is 0.332. The Morgan fingerprint density at radius 2 is 2.06 bits per heavy atom. The molecule has 0 saturated carbocycles. The summed E-state index contributed by atoms with van der Waals surface area (Å²) >= 11 is 0. The highest BCUT2D eigenvalue weighted by molar-refractivity contribution is 5.81. The maximum atomic E-state index is 12.0. The Morgan fingerprint density at radius 3 is 2.72 bits per heavy atom. The van der Waals surface area contributed by atoms with Gasteiger partial charge in [-0.2, -0.15) is 5.10 Å². The lowest BCUT2D eigenvalue weighted by molar-refractivity contribution is 0.0506. The van der Waals surface area contributed by atoms with E-state index in [1.54, 1.807) is 33.0 Å². The molecule has 0 aliphatic carbocycles. The molecule has 0 bridgehead atoms. The summed E-state index contributed by atoms with van der Waals surface area (Å²) in [6.07, 6.45) is 3.60. The lowest BCUT2D eigenvalue weighted by Crippen LogP contribution is -2.35. The summed E-state index contributed by atoms with van der Waals surface area (Å²) in [5, 5.41) is 4.76. The number of fused-ring (bicyclic) bond motifs is 1. The number of ether oxygens (including phenoxy) is 1. The van der Waals surface area contributed by atoms with E-state index in [4.69, 9.17) is 4.74 Å². The highest BCUT2D eigenvalue weighted by Gasteiger charge is 2.20. The molecule has 0 amide bonds. The quantitative estimate of drug-likeness (QED) is 0.706. The Hall–Kier alpha value is -2.24. The van der Waals surface area contributed by atoms with Gasteiger partial charge in [0.2, 0.25) is 0 Å². The van der Waals surface area contributed by atoms with Crippen LogP contribution in [0, 0.1) is 0 Å². The summed E-state index contributed by atoms with van der Waals surface area (Å²) in [4.78, 5) is 27.7. The van der Waals surface area contributed by atoms with Gasteiger partial charge in [0, 0.05) is 17.8 Å². The molecule has 0 unspecified atom stereocenters. The van der Waals surface area contributed by atoms with E-state index in [-0.39, 0.29) is 0 Å². The normalized spacial score (nSPS) is 11.5. The molecular weight excluding hydrogens is 234 g/mol. The van der Waals surface area contributed by atoms with Crippen LogP contribution in [0.15, 0.2) is 29.5 Å². The van der Waals surface area contributed by atoms with Crippen molar-refractivity contribution in [2.24, 2.45) is 0 Å². The molecule has 2 heterocycles. The molecule has 0 radical (unpaired) electrons. The van der Waals surface area contributed by atoms with E-state index >= 15 is 0 Å². The summed E-state index contributed by atoms with van der Waals surface area (Å²) in [6.45, 7) is 5.16. The van der Waals surface area contributed by atoms with Gasteiger partial charge < -0.3 is 4.74 Å². The second-order valence-electron chi connectivity index (χ2n) is 4.80. The first-order valence-corrected chi connectivity index (χ1v) is 5.44. The molecule has 0 aliphatic heterocycles. The molecule has 0 atom stereocenters. The summed E-state index contributed by atoms with van der Waals surface area (Å²) in [6, 6.07) is 1.66. The largest absolute Gasteiger partial charge is 0.442 e. The lowest BCUT2D eigenvalue weighted by atomic mass is 10.2. The number of pyridine rings is 1. The van der Waals surface area contributed by atoms with Crippen molar-refractivity contribution in [3.8, 4) is 0 Å². The van der Waals surface area contributed by atoms with E-state index < -0.39 is 17.3 Å². The first-order valence-electron chi connectivity index (χ1n) is 5.44. The zero-order valence-corrected chi connectivity index (χ0v) is 10.4. The second-order valence-corrected chi connectivity index (χ2v) is 4.80. The zero-order chi connectivity index (χ0) is 13.3. The van der Waals surface area contributed by atoms with Crippen molar-refractivity contribution in [1.29, 1.82) is 0 Å². The fourth-order valence-corrected chi connectivity index (χ4v) is 1.42. The molecule has 2 rings (SSSR count). The van der Waals surface area contributed by atoms with Gasteiger partial charge in [0.1, 0.15) is 5.60 Å². The van der Waals surface area contributed by atoms with E-state index in [1.165, 1.54) is 12.4 Å². The topological polar surface area (TPSA) is 74.1 Å². The van der Waals surface area contributed by atoms with Crippen molar-refractivity contribution in [3.63, 3.8) is 0 Å². The molecule has 0 spiro atoms. The number of carbonyl (C=O) groups excluding carboxylic acids is 1. The van der Waals surface area contributed by atoms with E-state index in [0.717, 1.165) is 0 Å². The fraction of sp³-hybridized carbons (Fsp3) is 0.333. The summed E-state index contributed by atoms with van der Waals surface area (Å²) in [7, 11) is 0. The molecule has 0 fully saturated rings. The van der Waals surface area contributed by atoms with Crippen LogP contribution in [0.3, 0.4) is 0 Å². The minimum atomic E-state index is -0.793. The maximum Gasteiger partial charge on any atom is 0.438 e. The maximum absolute atomic E-state index is 12.0. The third-order valence-corrected chi connectivity index (χ3v) is 2.16. The number of hydrogen-bond acceptors (Lipinski definition) is 5. The molecule has 6 heteroatoms. The first kappa shape index (κ1) is 12.2. The Kier molecular flexibility index (Phi) is 2.86. The van der Waals surface area contributed by atoms with Gasteiger partial charge in [0.15, 0.2) is 0 Å². The van der Waals surface area contributed by atoms with Crippen molar-refractivity contribution in [2.45, 2.75) is 26.4 Å². The van der Waals surface area contributed by atoms with Crippen LogP contribution in [0.25, 0.3) is 10.8 Å². The van der Waals surface area contributed by atoms with Crippen LogP contribution < -0.4 is 5.56 Å². The van der Waals surface area contributed by atoms with E-state index in [0.29, 0.717) is 15.5 Å². The zero-order valence-electron chi connectivity index (χ0n) is 10.4. The van der Waals surface area contributed by atoms with Crippen molar-refractivity contribution >= 4 is 16.9 Å². The van der Waals surface area contributed by atoms with E-state index in [9.17, 15) is 9.59 Å². The van der Waals surface area contributed by atoms with Gasteiger partial charge in [-0.3, -0.25) is 9.78 Å². The molecule has 2 aromatic rings. The summed E-state index contributed by atoms with van der Waals surface area (Å²) < 4.78 is 5.80. The second kappa shape index (κ2) is 4.21. The molecule has 0 aliphatic rings. The lowest BCUT2D eigenvalue weighted by Gasteiger charge is -2.19. The number of nitrogens with zero attached hydrogens (tertiary/aromatic N) is 3. The van der Waals surface area contributed by atoms with Crippen LogP contribution in [-0.4, -0.2) is 26.5 Å². The number of carbonyl (C=O) groups is 1. The number of hydrogen-bond donors (Lipinski definition) is 0. The Morgan fingerprint density at radius 1 is 1.33 bits per heavy atom. The highest BCUT2D eigenvalue weighted by atomic mass is 16.6. The molecule has 0 N–H and O–H groups in total. The van der Waals surface area contributed by atoms with Gasteiger partial charge in [-0.25, -0.2) is 4.79 Å². The van der Waals surface area contributed by atoms with Crippen molar-refractivity contribution < 1.29 is 9.53 Å². The molecule has 6 nitrogen and oxygen atoms in total. The van der Waals surface area contributed by atoms with Crippen LogP contribution in [0.1, 0.15) is 20.8 Å². The minimum Gasteiger partial charge on any atom is -0.442 e. The average molecular weight is 247 g/mol. The van der Waals surface area contributed by atoms with Crippen LogP contribution in [0.2, 0.25) is 0 Å². The molecule has 0 saturated heterocycles. The molecule has 94 valence electrons. The number of rotatable bonds is 0. The molecule has 0 aromatic carbocycles. The SMILES string of the molecule is CC(C)(C)OC(=O)n1ncc2ccncc2c1=O. The monoisotopic (exact) mass is 247 g/mol. The van der Waals surface area contributed by atoms with Gasteiger partial charge in [-0.05, 0) is 26.8 Å². The van der Waals surface area contributed by atoms with Crippen molar-refractivity contribution in [1.82, 2.24) is 14.8 Å². The first-order chi connectivity index (χ1) is 8.38. The van der Waals surface area contributed by atoms with Crippen LogP contribution in [-0.2, 0) is 4.74 Å². The molecule has 18 heavy (non-hydrogen) atoms. The fourth-order valence-electron chi connectivity index (χ4n) is 1.42. The van der Waals surface area contributed by atoms with E-state index in [2.05, 4.69) is 10.1 Å². The predicted octanol–water partition coefficient (Wildman–Crippen LogP) is 1.57. The highest BCUT2D eigenvalue weighted by Crippen LogP contribution is 2.09. The third-order valence-electron chi connectivity index (χ3n) is 2.16.